The predicted octanol–water partition coefficient (Wildman–Crippen LogP) is 0.420. The number of carbonyl (C=O) groups excluding carboxylic acids is 1. The molecule has 2 fully saturated rings. The van der Waals surface area contributed by atoms with Crippen LogP contribution in [0.25, 0.3) is 0 Å². The second-order valence-corrected chi connectivity index (χ2v) is 5.24. The normalized spacial score (nSPS) is 25.4. The monoisotopic (exact) mass is 225 g/mol. The van der Waals surface area contributed by atoms with Gasteiger partial charge in [0.15, 0.2) is 0 Å². The molecule has 2 rings (SSSR count). The Bertz CT molecular complexity index is 267. The summed E-state index contributed by atoms with van der Waals surface area (Å²) in [5.74, 6) is 0.155. The van der Waals surface area contributed by atoms with E-state index >= 15 is 0 Å². The van der Waals surface area contributed by atoms with Gasteiger partial charge in [0, 0.05) is 26.2 Å². The van der Waals surface area contributed by atoms with Gasteiger partial charge in [-0.15, -0.1) is 0 Å². The first-order valence-electron chi connectivity index (χ1n) is 6.35. The molecule has 16 heavy (non-hydrogen) atoms. The Labute approximate surface area is 97.8 Å². The van der Waals surface area contributed by atoms with Crippen molar-refractivity contribution in [2.75, 3.05) is 26.7 Å². The molecule has 0 spiro atoms. The number of hydrogen-bond donors (Lipinski definition) is 1. The van der Waals surface area contributed by atoms with Gasteiger partial charge in [0.25, 0.3) is 0 Å². The minimum absolute atomic E-state index is 0.155. The van der Waals surface area contributed by atoms with Gasteiger partial charge in [-0.25, -0.2) is 0 Å². The fourth-order valence-corrected chi connectivity index (χ4v) is 2.49. The molecule has 1 amide bonds. The molecule has 1 saturated carbocycles. The number of carbonyl (C=O) groups is 1. The lowest BCUT2D eigenvalue weighted by Crippen LogP contribution is -2.51. The Morgan fingerprint density at radius 1 is 1.44 bits per heavy atom. The van der Waals surface area contributed by atoms with Crippen LogP contribution in [0.5, 0.6) is 0 Å². The van der Waals surface area contributed by atoms with Crippen molar-refractivity contribution in [3.63, 3.8) is 0 Å². The van der Waals surface area contributed by atoms with Crippen molar-refractivity contribution in [3.05, 3.63) is 0 Å². The van der Waals surface area contributed by atoms with Gasteiger partial charge in [-0.05, 0) is 32.2 Å². The zero-order valence-corrected chi connectivity index (χ0v) is 10.4. The summed E-state index contributed by atoms with van der Waals surface area (Å²) < 4.78 is 0. The Balaban J connectivity index is 1.86. The van der Waals surface area contributed by atoms with Crippen molar-refractivity contribution in [1.82, 2.24) is 9.80 Å². The minimum Gasteiger partial charge on any atom is -0.341 e. The van der Waals surface area contributed by atoms with Crippen molar-refractivity contribution in [2.24, 2.45) is 5.73 Å². The van der Waals surface area contributed by atoms with E-state index in [-0.39, 0.29) is 5.91 Å². The lowest BCUT2D eigenvalue weighted by atomic mass is 10.0. The first-order valence-corrected chi connectivity index (χ1v) is 6.35. The summed E-state index contributed by atoms with van der Waals surface area (Å²) in [6, 6.07) is 0.399. The second-order valence-electron chi connectivity index (χ2n) is 5.24. The standard InChI is InChI=1S/C12H23N3O/c1-3-15-8-4-10(5-9-15)14(2)11(16)12(13)6-7-12/h10H,3-9,13H2,1-2H3. The number of piperidine rings is 1. The summed E-state index contributed by atoms with van der Waals surface area (Å²) in [5, 5.41) is 0. The molecule has 0 aromatic heterocycles. The summed E-state index contributed by atoms with van der Waals surface area (Å²) in [5.41, 5.74) is 5.45. The molecule has 1 aliphatic heterocycles. The molecule has 0 radical (unpaired) electrons. The van der Waals surface area contributed by atoms with E-state index < -0.39 is 5.54 Å². The average molecular weight is 225 g/mol. The fraction of sp³-hybridized carbons (Fsp3) is 0.917. The van der Waals surface area contributed by atoms with Crippen molar-refractivity contribution >= 4 is 5.91 Å². The third kappa shape index (κ3) is 2.23. The zero-order chi connectivity index (χ0) is 11.8. The van der Waals surface area contributed by atoms with Crippen LogP contribution in [0, 0.1) is 0 Å². The first kappa shape index (κ1) is 11.9. The smallest absolute Gasteiger partial charge is 0.242 e. The van der Waals surface area contributed by atoms with Gasteiger partial charge in [0.05, 0.1) is 5.54 Å². The molecule has 0 aromatic rings. The molecule has 2 N–H and O–H groups in total. The molecular formula is C12H23N3O. The van der Waals surface area contributed by atoms with Gasteiger partial charge in [0.2, 0.25) is 5.91 Å². The fourth-order valence-electron chi connectivity index (χ4n) is 2.49. The van der Waals surface area contributed by atoms with Crippen LogP contribution >= 0.6 is 0 Å². The minimum atomic E-state index is -0.503. The molecule has 0 unspecified atom stereocenters. The van der Waals surface area contributed by atoms with Gasteiger partial charge in [-0.2, -0.15) is 0 Å². The summed E-state index contributed by atoms with van der Waals surface area (Å²) in [6.45, 7) is 5.52. The molecule has 4 heteroatoms. The second kappa shape index (κ2) is 4.34. The van der Waals surface area contributed by atoms with Crippen LogP contribution in [-0.4, -0.2) is 54.0 Å². The van der Waals surface area contributed by atoms with E-state index in [4.69, 9.17) is 5.73 Å². The highest BCUT2D eigenvalue weighted by atomic mass is 16.2. The van der Waals surface area contributed by atoms with Crippen LogP contribution in [0.2, 0.25) is 0 Å². The lowest BCUT2D eigenvalue weighted by Gasteiger charge is -2.37. The van der Waals surface area contributed by atoms with E-state index in [0.29, 0.717) is 6.04 Å². The van der Waals surface area contributed by atoms with Crippen LogP contribution in [0.15, 0.2) is 0 Å². The third-order valence-electron chi connectivity index (χ3n) is 4.09. The summed E-state index contributed by atoms with van der Waals surface area (Å²) in [7, 11) is 1.92. The maximum absolute atomic E-state index is 12.1. The Morgan fingerprint density at radius 3 is 2.44 bits per heavy atom. The molecule has 1 heterocycles. The predicted molar refractivity (Wildman–Crippen MR) is 64.1 cm³/mol. The van der Waals surface area contributed by atoms with E-state index in [9.17, 15) is 4.79 Å². The van der Waals surface area contributed by atoms with Crippen LogP contribution in [-0.2, 0) is 4.79 Å². The highest BCUT2D eigenvalue weighted by Crippen LogP contribution is 2.35. The van der Waals surface area contributed by atoms with Gasteiger partial charge in [-0.1, -0.05) is 6.92 Å². The number of amides is 1. The van der Waals surface area contributed by atoms with Crippen molar-refractivity contribution in [2.45, 2.75) is 44.2 Å². The van der Waals surface area contributed by atoms with E-state index in [1.807, 2.05) is 11.9 Å². The SMILES string of the molecule is CCN1CCC(N(C)C(=O)C2(N)CC2)CC1. The van der Waals surface area contributed by atoms with Gasteiger partial charge in [0.1, 0.15) is 0 Å². The number of nitrogens with zero attached hydrogens (tertiary/aromatic N) is 2. The van der Waals surface area contributed by atoms with Gasteiger partial charge >= 0.3 is 0 Å². The van der Waals surface area contributed by atoms with Crippen molar-refractivity contribution < 1.29 is 4.79 Å². The molecule has 1 aliphatic carbocycles. The van der Waals surface area contributed by atoms with E-state index in [1.54, 1.807) is 0 Å². The van der Waals surface area contributed by atoms with E-state index in [1.165, 1.54) is 0 Å². The van der Waals surface area contributed by atoms with Crippen LogP contribution < -0.4 is 5.73 Å². The molecule has 0 atom stereocenters. The topological polar surface area (TPSA) is 49.6 Å². The Morgan fingerprint density at radius 2 is 2.00 bits per heavy atom. The molecular weight excluding hydrogens is 202 g/mol. The van der Waals surface area contributed by atoms with E-state index in [2.05, 4.69) is 11.8 Å². The van der Waals surface area contributed by atoms with Crippen LogP contribution in [0.3, 0.4) is 0 Å². The van der Waals surface area contributed by atoms with E-state index in [0.717, 1.165) is 45.3 Å². The third-order valence-corrected chi connectivity index (χ3v) is 4.09. The maximum atomic E-state index is 12.1. The zero-order valence-electron chi connectivity index (χ0n) is 10.4. The molecule has 92 valence electrons. The summed E-state index contributed by atoms with van der Waals surface area (Å²) >= 11 is 0. The quantitative estimate of drug-likeness (QED) is 0.757. The molecule has 0 aromatic carbocycles. The number of likely N-dealkylation sites (tertiary alicyclic amines) is 1. The van der Waals surface area contributed by atoms with Gasteiger partial charge < -0.3 is 15.5 Å². The maximum Gasteiger partial charge on any atom is 0.242 e. The number of likely N-dealkylation sites (N-methyl/N-ethyl adjacent to an activating group) is 1. The highest BCUT2D eigenvalue weighted by Gasteiger charge is 2.48. The summed E-state index contributed by atoms with van der Waals surface area (Å²) in [6.07, 6.45) is 3.91. The Hall–Kier alpha value is -0.610. The number of rotatable bonds is 3. The summed E-state index contributed by atoms with van der Waals surface area (Å²) in [4.78, 5) is 16.4. The average Bonchev–Trinajstić information content (AvgIpc) is 3.07. The first-order chi connectivity index (χ1) is 7.57. The number of nitrogens with two attached hydrogens (primary N) is 1. The van der Waals surface area contributed by atoms with Crippen molar-refractivity contribution in [3.8, 4) is 0 Å². The van der Waals surface area contributed by atoms with Crippen LogP contribution in [0.1, 0.15) is 32.6 Å². The molecule has 4 nitrogen and oxygen atoms in total. The van der Waals surface area contributed by atoms with Crippen LogP contribution in [0.4, 0.5) is 0 Å². The highest BCUT2D eigenvalue weighted by molar-refractivity contribution is 5.89. The largest absolute Gasteiger partial charge is 0.341 e. The molecule has 2 aliphatic rings. The van der Waals surface area contributed by atoms with Gasteiger partial charge in [-0.3, -0.25) is 4.79 Å². The van der Waals surface area contributed by atoms with Crippen molar-refractivity contribution in [1.29, 1.82) is 0 Å². The lowest BCUT2D eigenvalue weighted by molar-refractivity contribution is -0.135. The molecule has 1 saturated heterocycles. The Kier molecular flexibility index (Phi) is 3.22. The molecule has 0 bridgehead atoms. The number of hydrogen-bond acceptors (Lipinski definition) is 3.